The van der Waals surface area contributed by atoms with Crippen molar-refractivity contribution in [1.82, 2.24) is 15.2 Å². The van der Waals surface area contributed by atoms with E-state index in [1.807, 2.05) is 17.3 Å². The number of carbonyl (C=O) groups excluding carboxylic acids is 2. The molecule has 2 atom stereocenters. The normalized spacial score (nSPS) is 20.5. The second-order valence-corrected chi connectivity index (χ2v) is 9.56. The maximum atomic E-state index is 13.0. The van der Waals surface area contributed by atoms with Gasteiger partial charge in [0.05, 0.1) is 16.1 Å². The van der Waals surface area contributed by atoms with Crippen LogP contribution in [-0.4, -0.2) is 34.3 Å². The third-order valence-corrected chi connectivity index (χ3v) is 7.74. The van der Waals surface area contributed by atoms with E-state index in [0.717, 1.165) is 42.5 Å². The molecule has 2 heterocycles. The molecule has 1 saturated carbocycles. The summed E-state index contributed by atoms with van der Waals surface area (Å²) in [5, 5.41) is 3.06. The highest BCUT2D eigenvalue weighted by atomic mass is 32.1. The van der Waals surface area contributed by atoms with Crippen LogP contribution >= 0.6 is 11.3 Å². The minimum absolute atomic E-state index is 0.0261. The van der Waals surface area contributed by atoms with Crippen LogP contribution in [0, 0.1) is 18.8 Å². The number of nitrogens with one attached hydrogen (secondary N) is 1. The van der Waals surface area contributed by atoms with Crippen molar-refractivity contribution in [3.63, 3.8) is 0 Å². The number of aromatic nitrogens is 1. The van der Waals surface area contributed by atoms with E-state index in [1.165, 1.54) is 17.7 Å². The van der Waals surface area contributed by atoms with Gasteiger partial charge >= 0.3 is 0 Å². The number of likely N-dealkylation sites (tertiary alicyclic amines) is 1. The summed E-state index contributed by atoms with van der Waals surface area (Å²) in [6.07, 6.45) is 6.42. The number of hydrogen-bond acceptors (Lipinski definition) is 4. The molecule has 2 unspecified atom stereocenters. The highest BCUT2D eigenvalue weighted by Crippen LogP contribution is 2.33. The Kier molecular flexibility index (Phi) is 6.52. The maximum absolute atomic E-state index is 13.0. The number of aryl methyl sites for hydroxylation is 1. The van der Waals surface area contributed by atoms with Gasteiger partial charge in [0.2, 0.25) is 11.8 Å². The van der Waals surface area contributed by atoms with E-state index in [2.05, 4.69) is 41.5 Å². The standard InChI is InChI=1S/C24H31N3O2S/c1-16(19-6-3-4-7-19)24(29)27-13-5-8-21(27)23(28)25-14-18-9-11-20(12-10-18)22-17(2)26-15-30-22/h9-12,15-16,19,21H,3-8,13-14H2,1-2H3,(H,25,28). The lowest BCUT2D eigenvalue weighted by Crippen LogP contribution is -2.48. The van der Waals surface area contributed by atoms with Crippen LogP contribution < -0.4 is 5.32 Å². The number of thiazole rings is 1. The Morgan fingerprint density at radius 3 is 2.57 bits per heavy atom. The van der Waals surface area contributed by atoms with E-state index in [1.54, 1.807) is 11.3 Å². The van der Waals surface area contributed by atoms with Crippen molar-refractivity contribution in [3.8, 4) is 10.4 Å². The molecule has 0 bridgehead atoms. The number of carbonyl (C=O) groups is 2. The molecular weight excluding hydrogens is 394 g/mol. The first-order valence-corrected chi connectivity index (χ1v) is 12.0. The molecule has 1 aromatic heterocycles. The first kappa shape index (κ1) is 21.0. The van der Waals surface area contributed by atoms with E-state index in [-0.39, 0.29) is 23.8 Å². The van der Waals surface area contributed by atoms with Gasteiger partial charge in [-0.05, 0) is 49.7 Å². The first-order chi connectivity index (χ1) is 14.5. The zero-order chi connectivity index (χ0) is 21.1. The molecule has 6 heteroatoms. The number of amides is 2. The summed E-state index contributed by atoms with van der Waals surface area (Å²) in [4.78, 5) is 33.2. The Balaban J connectivity index is 1.34. The van der Waals surface area contributed by atoms with E-state index in [9.17, 15) is 9.59 Å². The Bertz CT molecular complexity index is 886. The topological polar surface area (TPSA) is 62.3 Å². The van der Waals surface area contributed by atoms with Gasteiger partial charge in [0.25, 0.3) is 0 Å². The smallest absolute Gasteiger partial charge is 0.243 e. The Morgan fingerprint density at radius 1 is 1.17 bits per heavy atom. The van der Waals surface area contributed by atoms with E-state index < -0.39 is 0 Å². The average Bonchev–Trinajstić information content (AvgIpc) is 3.53. The molecule has 2 fully saturated rings. The number of nitrogens with zero attached hydrogens (tertiary/aromatic N) is 2. The minimum Gasteiger partial charge on any atom is -0.350 e. The lowest BCUT2D eigenvalue weighted by molar-refractivity contribution is -0.142. The molecule has 1 aliphatic heterocycles. The summed E-state index contributed by atoms with van der Waals surface area (Å²) in [6.45, 7) is 5.26. The predicted octanol–water partition coefficient (Wildman–Crippen LogP) is 4.55. The van der Waals surface area contributed by atoms with Gasteiger partial charge in [0, 0.05) is 19.0 Å². The van der Waals surface area contributed by atoms with Crippen LogP contribution in [0.15, 0.2) is 29.8 Å². The van der Waals surface area contributed by atoms with Crippen molar-refractivity contribution in [2.24, 2.45) is 11.8 Å². The highest BCUT2D eigenvalue weighted by molar-refractivity contribution is 7.13. The monoisotopic (exact) mass is 425 g/mol. The van der Waals surface area contributed by atoms with Gasteiger partial charge in [0.1, 0.15) is 6.04 Å². The van der Waals surface area contributed by atoms with Crippen LogP contribution in [-0.2, 0) is 16.1 Å². The zero-order valence-corrected chi connectivity index (χ0v) is 18.7. The Hall–Kier alpha value is -2.21. The molecule has 0 spiro atoms. The molecule has 2 amide bonds. The highest BCUT2D eigenvalue weighted by Gasteiger charge is 2.38. The fourth-order valence-electron chi connectivity index (χ4n) is 4.88. The van der Waals surface area contributed by atoms with Crippen LogP contribution in [0.5, 0.6) is 0 Å². The van der Waals surface area contributed by atoms with Crippen LogP contribution in [0.25, 0.3) is 10.4 Å². The molecule has 1 saturated heterocycles. The van der Waals surface area contributed by atoms with Gasteiger partial charge in [-0.15, -0.1) is 11.3 Å². The number of rotatable bonds is 6. The van der Waals surface area contributed by atoms with Crippen LogP contribution in [0.1, 0.15) is 56.7 Å². The van der Waals surface area contributed by atoms with E-state index in [4.69, 9.17) is 0 Å². The zero-order valence-electron chi connectivity index (χ0n) is 17.9. The van der Waals surface area contributed by atoms with Gasteiger partial charge in [-0.25, -0.2) is 4.98 Å². The van der Waals surface area contributed by atoms with Crippen molar-refractivity contribution >= 4 is 23.2 Å². The Labute approximate surface area is 182 Å². The molecule has 1 aliphatic carbocycles. The molecule has 4 rings (SSSR count). The third-order valence-electron chi connectivity index (χ3n) is 6.76. The Morgan fingerprint density at radius 2 is 1.90 bits per heavy atom. The summed E-state index contributed by atoms with van der Waals surface area (Å²) in [5.41, 5.74) is 5.11. The first-order valence-electron chi connectivity index (χ1n) is 11.1. The minimum atomic E-state index is -0.319. The summed E-state index contributed by atoms with van der Waals surface area (Å²) in [7, 11) is 0. The lowest BCUT2D eigenvalue weighted by atomic mass is 9.91. The fourth-order valence-corrected chi connectivity index (χ4v) is 5.70. The van der Waals surface area contributed by atoms with Gasteiger partial charge in [-0.1, -0.05) is 44.0 Å². The van der Waals surface area contributed by atoms with Gasteiger partial charge < -0.3 is 10.2 Å². The molecule has 2 aliphatic rings. The van der Waals surface area contributed by atoms with Crippen molar-refractivity contribution in [1.29, 1.82) is 0 Å². The number of hydrogen-bond donors (Lipinski definition) is 1. The van der Waals surface area contributed by atoms with Crippen LogP contribution in [0.4, 0.5) is 0 Å². The summed E-state index contributed by atoms with van der Waals surface area (Å²) >= 11 is 1.64. The lowest BCUT2D eigenvalue weighted by Gasteiger charge is -2.29. The average molecular weight is 426 g/mol. The quantitative estimate of drug-likeness (QED) is 0.738. The van der Waals surface area contributed by atoms with Crippen molar-refractivity contribution < 1.29 is 9.59 Å². The van der Waals surface area contributed by atoms with Crippen molar-refractivity contribution in [2.75, 3.05) is 6.54 Å². The van der Waals surface area contributed by atoms with Crippen molar-refractivity contribution in [3.05, 3.63) is 41.0 Å². The molecule has 30 heavy (non-hydrogen) atoms. The van der Waals surface area contributed by atoms with E-state index in [0.29, 0.717) is 19.0 Å². The second-order valence-electron chi connectivity index (χ2n) is 8.70. The van der Waals surface area contributed by atoms with Crippen LogP contribution in [0.2, 0.25) is 0 Å². The van der Waals surface area contributed by atoms with Crippen LogP contribution in [0.3, 0.4) is 0 Å². The molecule has 160 valence electrons. The van der Waals surface area contributed by atoms with E-state index >= 15 is 0 Å². The second kappa shape index (κ2) is 9.29. The molecule has 1 N–H and O–H groups in total. The molecule has 2 aromatic rings. The molecule has 0 radical (unpaired) electrons. The predicted molar refractivity (Wildman–Crippen MR) is 120 cm³/mol. The van der Waals surface area contributed by atoms with Gasteiger partial charge in [0.15, 0.2) is 0 Å². The molecule has 5 nitrogen and oxygen atoms in total. The molecule has 1 aromatic carbocycles. The maximum Gasteiger partial charge on any atom is 0.243 e. The largest absolute Gasteiger partial charge is 0.350 e. The number of benzene rings is 1. The fraction of sp³-hybridized carbons (Fsp3) is 0.542. The summed E-state index contributed by atoms with van der Waals surface area (Å²) in [5.74, 6) is 0.664. The summed E-state index contributed by atoms with van der Waals surface area (Å²) in [6, 6.07) is 7.94. The van der Waals surface area contributed by atoms with Gasteiger partial charge in [-0.2, -0.15) is 0 Å². The van der Waals surface area contributed by atoms with Crippen molar-refractivity contribution in [2.45, 2.75) is 65.0 Å². The molecular formula is C24H31N3O2S. The third kappa shape index (κ3) is 4.43. The summed E-state index contributed by atoms with van der Waals surface area (Å²) < 4.78 is 0. The van der Waals surface area contributed by atoms with Gasteiger partial charge in [-0.3, -0.25) is 9.59 Å². The SMILES string of the molecule is Cc1ncsc1-c1ccc(CNC(=O)C2CCCN2C(=O)C(C)C2CCCC2)cc1.